The lowest BCUT2D eigenvalue weighted by Gasteiger charge is -2.22. The van der Waals surface area contributed by atoms with Gasteiger partial charge in [-0.15, -0.1) is 0 Å². The fourth-order valence-electron chi connectivity index (χ4n) is 1.62. The van der Waals surface area contributed by atoms with E-state index in [2.05, 4.69) is 5.32 Å². The van der Waals surface area contributed by atoms with Gasteiger partial charge in [0.2, 0.25) is 0 Å². The summed E-state index contributed by atoms with van der Waals surface area (Å²) in [5.74, 6) is 0.699. The van der Waals surface area contributed by atoms with E-state index in [4.69, 9.17) is 23.2 Å². The number of hydrogen-bond acceptors (Lipinski definition) is 2. The van der Waals surface area contributed by atoms with Crippen molar-refractivity contribution in [3.63, 3.8) is 0 Å². The maximum absolute atomic E-state index is 11.8. The van der Waals surface area contributed by atoms with E-state index >= 15 is 0 Å². The van der Waals surface area contributed by atoms with E-state index in [9.17, 15) is 4.21 Å². The standard InChI is InChI=1S/C10H11Cl2NOS/c11-8-2-1-7(5-9(8)12)10-6-13-3-4-15(10)14/h1-2,5,10,13H,3-4,6H2. The molecule has 1 aliphatic rings. The molecule has 2 atom stereocenters. The summed E-state index contributed by atoms with van der Waals surface area (Å²) in [6.07, 6.45) is 0. The fraction of sp³-hybridized carbons (Fsp3) is 0.400. The Morgan fingerprint density at radius 2 is 2.13 bits per heavy atom. The molecule has 5 heteroatoms. The first-order chi connectivity index (χ1) is 7.18. The zero-order chi connectivity index (χ0) is 10.8. The van der Waals surface area contributed by atoms with Crippen LogP contribution in [0.25, 0.3) is 0 Å². The van der Waals surface area contributed by atoms with Crippen molar-refractivity contribution in [3.8, 4) is 0 Å². The van der Waals surface area contributed by atoms with Gasteiger partial charge < -0.3 is 5.32 Å². The maximum atomic E-state index is 11.8. The van der Waals surface area contributed by atoms with Crippen molar-refractivity contribution in [1.82, 2.24) is 5.32 Å². The van der Waals surface area contributed by atoms with Crippen molar-refractivity contribution in [1.29, 1.82) is 0 Å². The van der Waals surface area contributed by atoms with E-state index in [0.717, 1.165) is 18.7 Å². The van der Waals surface area contributed by atoms with Gasteiger partial charge in [-0.1, -0.05) is 29.3 Å². The average molecular weight is 264 g/mol. The molecule has 1 fully saturated rings. The van der Waals surface area contributed by atoms with E-state index in [1.165, 1.54) is 0 Å². The molecular formula is C10H11Cl2NOS. The van der Waals surface area contributed by atoms with Gasteiger partial charge in [0.25, 0.3) is 0 Å². The lowest BCUT2D eigenvalue weighted by molar-refractivity contribution is 0.624. The zero-order valence-corrected chi connectivity index (χ0v) is 10.3. The van der Waals surface area contributed by atoms with E-state index in [1.807, 2.05) is 6.07 Å². The summed E-state index contributed by atoms with van der Waals surface area (Å²) >= 11 is 11.8. The molecule has 0 bridgehead atoms. The summed E-state index contributed by atoms with van der Waals surface area (Å²) in [5.41, 5.74) is 0.995. The molecule has 1 N–H and O–H groups in total. The highest BCUT2D eigenvalue weighted by molar-refractivity contribution is 7.85. The number of benzene rings is 1. The second kappa shape index (κ2) is 4.83. The topological polar surface area (TPSA) is 29.1 Å². The lowest BCUT2D eigenvalue weighted by Crippen LogP contribution is -2.35. The predicted molar refractivity (Wildman–Crippen MR) is 65.1 cm³/mol. The minimum Gasteiger partial charge on any atom is -0.314 e. The van der Waals surface area contributed by atoms with Crippen molar-refractivity contribution in [2.24, 2.45) is 0 Å². The summed E-state index contributed by atoms with van der Waals surface area (Å²) in [4.78, 5) is 0. The summed E-state index contributed by atoms with van der Waals surface area (Å²) in [5, 5.41) is 4.33. The Labute approximate surface area is 101 Å². The predicted octanol–water partition coefficient (Wildman–Crippen LogP) is 2.39. The molecule has 15 heavy (non-hydrogen) atoms. The van der Waals surface area contributed by atoms with Crippen LogP contribution in [-0.4, -0.2) is 23.1 Å². The highest BCUT2D eigenvalue weighted by atomic mass is 35.5. The van der Waals surface area contributed by atoms with E-state index < -0.39 is 10.8 Å². The first kappa shape index (κ1) is 11.4. The van der Waals surface area contributed by atoms with Gasteiger partial charge in [0.1, 0.15) is 0 Å². The molecule has 0 aliphatic carbocycles. The van der Waals surface area contributed by atoms with Crippen LogP contribution in [0.3, 0.4) is 0 Å². The normalized spacial score (nSPS) is 26.5. The third-order valence-corrected chi connectivity index (χ3v) is 4.86. The molecule has 0 aromatic heterocycles. The Morgan fingerprint density at radius 3 is 2.80 bits per heavy atom. The van der Waals surface area contributed by atoms with E-state index in [0.29, 0.717) is 15.8 Å². The number of halogens is 2. The Balaban J connectivity index is 2.28. The van der Waals surface area contributed by atoms with E-state index in [1.54, 1.807) is 12.1 Å². The molecular weight excluding hydrogens is 253 g/mol. The van der Waals surface area contributed by atoms with Crippen LogP contribution < -0.4 is 5.32 Å². The summed E-state index contributed by atoms with van der Waals surface area (Å²) in [6, 6.07) is 5.45. The van der Waals surface area contributed by atoms with Crippen LogP contribution in [0.5, 0.6) is 0 Å². The van der Waals surface area contributed by atoms with Gasteiger partial charge in [0.15, 0.2) is 0 Å². The third kappa shape index (κ3) is 2.53. The van der Waals surface area contributed by atoms with Crippen molar-refractivity contribution in [2.45, 2.75) is 5.25 Å². The fourth-order valence-corrected chi connectivity index (χ4v) is 3.31. The molecule has 82 valence electrons. The molecule has 0 spiro atoms. The molecule has 0 saturated carbocycles. The number of hydrogen-bond donors (Lipinski definition) is 1. The molecule has 2 rings (SSSR count). The van der Waals surface area contributed by atoms with Gasteiger partial charge in [0, 0.05) is 29.6 Å². The van der Waals surface area contributed by atoms with Gasteiger partial charge in [-0.05, 0) is 17.7 Å². The van der Waals surface area contributed by atoms with Gasteiger partial charge in [-0.25, -0.2) is 0 Å². The van der Waals surface area contributed by atoms with Gasteiger partial charge >= 0.3 is 0 Å². The Morgan fingerprint density at radius 1 is 1.33 bits per heavy atom. The summed E-state index contributed by atoms with van der Waals surface area (Å²) in [6.45, 7) is 1.56. The molecule has 0 radical (unpaired) electrons. The molecule has 1 aromatic rings. The van der Waals surface area contributed by atoms with Gasteiger partial charge in [-0.3, -0.25) is 4.21 Å². The molecule has 2 unspecified atom stereocenters. The number of nitrogens with one attached hydrogen (secondary N) is 1. The largest absolute Gasteiger partial charge is 0.314 e. The van der Waals surface area contributed by atoms with Crippen molar-refractivity contribution in [3.05, 3.63) is 33.8 Å². The Hall–Kier alpha value is -0.0900. The van der Waals surface area contributed by atoms with Crippen LogP contribution in [0.2, 0.25) is 10.0 Å². The monoisotopic (exact) mass is 263 g/mol. The molecule has 1 aromatic carbocycles. The average Bonchev–Trinajstić information content (AvgIpc) is 2.23. The van der Waals surface area contributed by atoms with Gasteiger partial charge in [-0.2, -0.15) is 0 Å². The first-order valence-electron chi connectivity index (χ1n) is 4.71. The smallest absolute Gasteiger partial charge is 0.0722 e. The molecule has 2 nitrogen and oxygen atoms in total. The van der Waals surface area contributed by atoms with Crippen LogP contribution in [-0.2, 0) is 10.8 Å². The zero-order valence-electron chi connectivity index (χ0n) is 8.00. The molecule has 1 saturated heterocycles. The minimum absolute atomic E-state index is 0.0357. The van der Waals surface area contributed by atoms with Crippen LogP contribution >= 0.6 is 23.2 Å². The second-order valence-electron chi connectivity index (χ2n) is 3.45. The van der Waals surface area contributed by atoms with E-state index in [-0.39, 0.29) is 5.25 Å². The second-order valence-corrected chi connectivity index (χ2v) is 6.00. The maximum Gasteiger partial charge on any atom is 0.0722 e. The minimum atomic E-state index is -0.808. The summed E-state index contributed by atoms with van der Waals surface area (Å²) < 4.78 is 11.8. The van der Waals surface area contributed by atoms with Crippen molar-refractivity contribution < 1.29 is 4.21 Å². The third-order valence-electron chi connectivity index (χ3n) is 2.44. The molecule has 0 amide bonds. The number of rotatable bonds is 1. The van der Waals surface area contributed by atoms with Crippen molar-refractivity contribution in [2.75, 3.05) is 18.8 Å². The van der Waals surface area contributed by atoms with Crippen LogP contribution in [0, 0.1) is 0 Å². The first-order valence-corrected chi connectivity index (χ1v) is 6.85. The Bertz CT molecular complexity index is 397. The van der Waals surface area contributed by atoms with Crippen LogP contribution in [0.4, 0.5) is 0 Å². The van der Waals surface area contributed by atoms with Crippen LogP contribution in [0.1, 0.15) is 10.8 Å². The highest BCUT2D eigenvalue weighted by Crippen LogP contribution is 2.28. The molecule has 1 heterocycles. The van der Waals surface area contributed by atoms with Crippen molar-refractivity contribution >= 4 is 34.0 Å². The SMILES string of the molecule is O=S1CCNCC1c1ccc(Cl)c(Cl)c1. The quantitative estimate of drug-likeness (QED) is 0.843. The van der Waals surface area contributed by atoms with Gasteiger partial charge in [0.05, 0.1) is 15.3 Å². The van der Waals surface area contributed by atoms with Crippen LogP contribution in [0.15, 0.2) is 18.2 Å². The Kier molecular flexibility index (Phi) is 3.67. The lowest BCUT2D eigenvalue weighted by atomic mass is 10.1. The summed E-state index contributed by atoms with van der Waals surface area (Å²) in [7, 11) is -0.808. The highest BCUT2D eigenvalue weighted by Gasteiger charge is 2.22. The molecule has 1 aliphatic heterocycles.